The number of hydrogen-bond donors (Lipinski definition) is 1. The standard InChI is InChI=1S/C15H12ClF3N2O2/c1-21(8-9-2-4-10(16)5-3-9)14(23)11-6-7-12(15(17,18)19)20-13(11)22/h2-7H,8H2,1H3,(H,20,22). The second-order valence-corrected chi connectivity index (χ2v) is 5.34. The van der Waals surface area contributed by atoms with Crippen molar-refractivity contribution in [2.24, 2.45) is 0 Å². The predicted molar refractivity (Wildman–Crippen MR) is 79.3 cm³/mol. The van der Waals surface area contributed by atoms with E-state index in [1.165, 1.54) is 11.9 Å². The second kappa shape index (κ2) is 6.45. The molecular formula is C15H12ClF3N2O2. The van der Waals surface area contributed by atoms with Crippen molar-refractivity contribution in [1.29, 1.82) is 0 Å². The highest BCUT2D eigenvalue weighted by Crippen LogP contribution is 2.26. The fourth-order valence-electron chi connectivity index (χ4n) is 1.95. The van der Waals surface area contributed by atoms with E-state index in [-0.39, 0.29) is 12.1 Å². The monoisotopic (exact) mass is 344 g/mol. The molecule has 0 bridgehead atoms. The maximum absolute atomic E-state index is 12.5. The van der Waals surface area contributed by atoms with Gasteiger partial charge in [0.25, 0.3) is 11.5 Å². The van der Waals surface area contributed by atoms with Crippen LogP contribution in [0.15, 0.2) is 41.2 Å². The first-order valence-electron chi connectivity index (χ1n) is 6.49. The van der Waals surface area contributed by atoms with E-state index in [1.807, 2.05) is 0 Å². The van der Waals surface area contributed by atoms with Crippen LogP contribution in [0.5, 0.6) is 0 Å². The number of alkyl halides is 3. The summed E-state index contributed by atoms with van der Waals surface area (Å²) in [6, 6.07) is 8.28. The number of carbonyl (C=O) groups excluding carboxylic acids is 1. The van der Waals surface area contributed by atoms with Crippen molar-refractivity contribution < 1.29 is 18.0 Å². The molecule has 1 heterocycles. The Bertz CT molecular complexity index is 770. The number of aromatic nitrogens is 1. The first kappa shape index (κ1) is 17.1. The average Bonchev–Trinajstić information content (AvgIpc) is 2.48. The summed E-state index contributed by atoms with van der Waals surface area (Å²) < 4.78 is 37.5. The topological polar surface area (TPSA) is 53.2 Å². The molecule has 1 amide bonds. The molecule has 2 aromatic rings. The van der Waals surface area contributed by atoms with Gasteiger partial charge in [0.2, 0.25) is 0 Å². The van der Waals surface area contributed by atoms with Crippen LogP contribution in [0.4, 0.5) is 13.2 Å². The van der Waals surface area contributed by atoms with Crippen LogP contribution in [0.25, 0.3) is 0 Å². The predicted octanol–water partition coefficient (Wildman–Crippen LogP) is 3.32. The molecule has 1 aromatic carbocycles. The summed E-state index contributed by atoms with van der Waals surface area (Å²) in [5.74, 6) is -0.671. The third kappa shape index (κ3) is 4.13. The van der Waals surface area contributed by atoms with Gasteiger partial charge in [0.15, 0.2) is 0 Å². The van der Waals surface area contributed by atoms with Crippen molar-refractivity contribution in [2.75, 3.05) is 7.05 Å². The molecular weight excluding hydrogens is 333 g/mol. The Kier molecular flexibility index (Phi) is 4.79. The molecule has 0 spiro atoms. The fraction of sp³-hybridized carbons (Fsp3) is 0.200. The number of hydrogen-bond acceptors (Lipinski definition) is 2. The number of amides is 1. The van der Waals surface area contributed by atoms with Crippen LogP contribution in [0.3, 0.4) is 0 Å². The zero-order valence-corrected chi connectivity index (χ0v) is 12.7. The number of halogens is 4. The molecule has 1 aromatic heterocycles. The molecule has 2 rings (SSSR count). The van der Waals surface area contributed by atoms with Crippen molar-refractivity contribution in [3.63, 3.8) is 0 Å². The van der Waals surface area contributed by atoms with E-state index in [1.54, 1.807) is 29.2 Å². The van der Waals surface area contributed by atoms with Gasteiger partial charge < -0.3 is 9.88 Å². The van der Waals surface area contributed by atoms with Gasteiger partial charge in [-0.2, -0.15) is 13.2 Å². The first-order valence-corrected chi connectivity index (χ1v) is 6.86. The minimum Gasteiger partial charge on any atom is -0.337 e. The minimum absolute atomic E-state index is 0.191. The third-order valence-electron chi connectivity index (χ3n) is 3.12. The van der Waals surface area contributed by atoms with E-state index >= 15 is 0 Å². The Hall–Kier alpha value is -2.28. The zero-order valence-electron chi connectivity index (χ0n) is 11.9. The molecule has 0 unspecified atom stereocenters. The van der Waals surface area contributed by atoms with Crippen LogP contribution >= 0.6 is 11.6 Å². The largest absolute Gasteiger partial charge is 0.431 e. The maximum Gasteiger partial charge on any atom is 0.431 e. The van der Waals surface area contributed by atoms with E-state index < -0.39 is 23.3 Å². The summed E-state index contributed by atoms with van der Waals surface area (Å²) >= 11 is 5.76. The fourth-order valence-corrected chi connectivity index (χ4v) is 2.07. The van der Waals surface area contributed by atoms with E-state index in [4.69, 9.17) is 11.6 Å². The average molecular weight is 345 g/mol. The van der Waals surface area contributed by atoms with E-state index in [9.17, 15) is 22.8 Å². The number of nitrogens with zero attached hydrogens (tertiary/aromatic N) is 1. The Labute approximate surface area is 134 Å². The third-order valence-corrected chi connectivity index (χ3v) is 3.38. The van der Waals surface area contributed by atoms with Gasteiger partial charge in [0.1, 0.15) is 11.3 Å². The summed E-state index contributed by atoms with van der Waals surface area (Å²) in [4.78, 5) is 26.8. The summed E-state index contributed by atoms with van der Waals surface area (Å²) in [5.41, 5.74) is -1.85. The second-order valence-electron chi connectivity index (χ2n) is 4.90. The normalized spacial score (nSPS) is 11.3. The molecule has 1 N–H and O–H groups in total. The van der Waals surface area contributed by atoms with Gasteiger partial charge in [-0.15, -0.1) is 0 Å². The molecule has 0 radical (unpaired) electrons. The van der Waals surface area contributed by atoms with Crippen LogP contribution in [0.1, 0.15) is 21.6 Å². The number of rotatable bonds is 3. The van der Waals surface area contributed by atoms with Gasteiger partial charge in [-0.3, -0.25) is 9.59 Å². The lowest BCUT2D eigenvalue weighted by Gasteiger charge is -2.17. The van der Waals surface area contributed by atoms with Gasteiger partial charge in [-0.05, 0) is 29.8 Å². The van der Waals surface area contributed by atoms with Gasteiger partial charge in [-0.25, -0.2) is 0 Å². The lowest BCUT2D eigenvalue weighted by Crippen LogP contribution is -2.32. The van der Waals surface area contributed by atoms with Crippen molar-refractivity contribution in [3.05, 3.63) is 68.6 Å². The molecule has 0 aliphatic carbocycles. The Morgan fingerprint density at radius 2 is 1.78 bits per heavy atom. The maximum atomic E-state index is 12.5. The first-order chi connectivity index (χ1) is 10.7. The van der Waals surface area contributed by atoms with Crippen molar-refractivity contribution in [2.45, 2.75) is 12.7 Å². The Balaban J connectivity index is 2.19. The summed E-state index contributed by atoms with van der Waals surface area (Å²) in [6.45, 7) is 0.191. The van der Waals surface area contributed by atoms with Gasteiger partial charge >= 0.3 is 6.18 Å². The lowest BCUT2D eigenvalue weighted by atomic mass is 10.2. The number of aromatic amines is 1. The molecule has 0 saturated heterocycles. The lowest BCUT2D eigenvalue weighted by molar-refractivity contribution is -0.141. The SMILES string of the molecule is CN(Cc1ccc(Cl)cc1)C(=O)c1ccc(C(F)(F)F)[nH]c1=O. The summed E-state index contributed by atoms with van der Waals surface area (Å²) in [5, 5.41) is 0.543. The zero-order chi connectivity index (χ0) is 17.2. The molecule has 8 heteroatoms. The van der Waals surface area contributed by atoms with Crippen molar-refractivity contribution >= 4 is 17.5 Å². The van der Waals surface area contributed by atoms with Crippen LogP contribution in [-0.2, 0) is 12.7 Å². The van der Waals surface area contributed by atoms with E-state index in [2.05, 4.69) is 0 Å². The molecule has 0 aliphatic heterocycles. The van der Waals surface area contributed by atoms with Gasteiger partial charge in [-0.1, -0.05) is 23.7 Å². The van der Waals surface area contributed by atoms with Crippen LogP contribution in [-0.4, -0.2) is 22.8 Å². The highest BCUT2D eigenvalue weighted by Gasteiger charge is 2.32. The number of nitrogens with one attached hydrogen (secondary N) is 1. The Morgan fingerprint density at radius 1 is 1.17 bits per heavy atom. The molecule has 4 nitrogen and oxygen atoms in total. The Morgan fingerprint density at radius 3 is 2.30 bits per heavy atom. The van der Waals surface area contributed by atoms with E-state index in [0.29, 0.717) is 11.1 Å². The van der Waals surface area contributed by atoms with Gasteiger partial charge in [0.05, 0.1) is 0 Å². The summed E-state index contributed by atoms with van der Waals surface area (Å²) in [7, 11) is 1.45. The molecule has 0 aliphatic rings. The number of carbonyl (C=O) groups is 1. The van der Waals surface area contributed by atoms with Crippen molar-refractivity contribution in [3.8, 4) is 0 Å². The number of H-pyrrole nitrogens is 1. The smallest absolute Gasteiger partial charge is 0.337 e. The van der Waals surface area contributed by atoms with Crippen molar-refractivity contribution in [1.82, 2.24) is 9.88 Å². The summed E-state index contributed by atoms with van der Waals surface area (Å²) in [6.07, 6.45) is -4.67. The number of benzene rings is 1. The quantitative estimate of drug-likeness (QED) is 0.928. The highest BCUT2D eigenvalue weighted by atomic mass is 35.5. The molecule has 0 fully saturated rings. The molecule has 122 valence electrons. The van der Waals surface area contributed by atoms with E-state index in [0.717, 1.165) is 11.6 Å². The van der Waals surface area contributed by atoms with Crippen LogP contribution in [0.2, 0.25) is 5.02 Å². The minimum atomic E-state index is -4.67. The number of pyridine rings is 1. The van der Waals surface area contributed by atoms with Crippen LogP contribution in [0, 0.1) is 0 Å². The molecule has 23 heavy (non-hydrogen) atoms. The molecule has 0 atom stereocenters. The highest BCUT2D eigenvalue weighted by molar-refractivity contribution is 6.30. The van der Waals surface area contributed by atoms with Gasteiger partial charge in [0, 0.05) is 18.6 Å². The molecule has 0 saturated carbocycles. The van der Waals surface area contributed by atoms with Crippen LogP contribution < -0.4 is 5.56 Å².